The molecule has 0 atom stereocenters. The van der Waals surface area contributed by atoms with Crippen LogP contribution in [0.25, 0.3) is 0 Å². The van der Waals surface area contributed by atoms with Crippen molar-refractivity contribution in [2.75, 3.05) is 39.0 Å². The van der Waals surface area contributed by atoms with E-state index in [2.05, 4.69) is 33.6 Å². The summed E-state index contributed by atoms with van der Waals surface area (Å²) in [6.07, 6.45) is 34.4. The molecule has 0 bridgehead atoms. The maximum absolute atomic E-state index is 2.97. The molecule has 0 aliphatic heterocycles. The van der Waals surface area contributed by atoms with Crippen molar-refractivity contribution in [2.45, 2.75) is 158 Å². The predicted molar refractivity (Wildman–Crippen MR) is 164 cm³/mol. The van der Waals surface area contributed by atoms with Gasteiger partial charge in [0.05, 0.1) is 0 Å². The number of rotatable bonds is 8. The molecule has 0 aromatic carbocycles. The Kier molecular flexibility index (Phi) is 8.96. The molecule has 0 heterocycles. The second-order valence-electron chi connectivity index (χ2n) is 15.9. The van der Waals surface area contributed by atoms with E-state index in [9.17, 15) is 0 Å². The zero-order valence-corrected chi connectivity index (χ0v) is 26.1. The maximum atomic E-state index is 2.97. The van der Waals surface area contributed by atoms with E-state index in [1.165, 1.54) is 77.0 Å². The van der Waals surface area contributed by atoms with Crippen LogP contribution in [0.1, 0.15) is 135 Å². The third-order valence-corrected chi connectivity index (χ3v) is 28.1. The molecule has 4 saturated carbocycles. The zero-order chi connectivity index (χ0) is 24.3. The molecule has 2 heteroatoms. The molecule has 34 heavy (non-hydrogen) atoms. The molecule has 0 amide bonds. The molecule has 0 spiro atoms. The molecule has 4 aliphatic carbocycles. The Labute approximate surface area is 215 Å². The van der Waals surface area contributed by atoms with Crippen molar-refractivity contribution in [2.24, 2.45) is 5.92 Å². The molecule has 0 unspecified atom stereocenters. The van der Waals surface area contributed by atoms with E-state index in [0.29, 0.717) is 0 Å². The molecular formula is C32H64P2. The van der Waals surface area contributed by atoms with Crippen LogP contribution < -0.4 is 0 Å². The Morgan fingerprint density at radius 2 is 0.618 bits per heavy atom. The standard InChI is InChI=1S/C32H64P2/c1-28(26-33(2,3,29-18-10-6-11-19-29)30-20-12-7-13-21-30)27-34(4,5,31-22-14-8-15-23-31)32-24-16-9-17-25-32/h28-32H,6-27H2,1-5H3. The number of hydrogen-bond acceptors (Lipinski definition) is 0. The van der Waals surface area contributed by atoms with Gasteiger partial charge in [-0.25, -0.2) is 0 Å². The van der Waals surface area contributed by atoms with Crippen LogP contribution in [0.15, 0.2) is 0 Å². The van der Waals surface area contributed by atoms with E-state index in [0.717, 1.165) is 28.6 Å². The summed E-state index contributed by atoms with van der Waals surface area (Å²) in [7, 11) is 0. The second kappa shape index (κ2) is 10.9. The van der Waals surface area contributed by atoms with Gasteiger partial charge in [-0.2, -0.15) is 0 Å². The van der Waals surface area contributed by atoms with E-state index in [1.54, 1.807) is 63.7 Å². The first-order valence-corrected chi connectivity index (χ1v) is 23.0. The molecule has 0 aromatic rings. The van der Waals surface area contributed by atoms with Gasteiger partial charge in [0.25, 0.3) is 0 Å². The van der Waals surface area contributed by atoms with Gasteiger partial charge in [0.1, 0.15) is 0 Å². The van der Waals surface area contributed by atoms with Gasteiger partial charge in [-0.3, -0.25) is 0 Å². The van der Waals surface area contributed by atoms with Gasteiger partial charge in [0, 0.05) is 0 Å². The Balaban J connectivity index is 1.60. The summed E-state index contributed by atoms with van der Waals surface area (Å²) in [6.45, 7) is 11.2. The van der Waals surface area contributed by atoms with Gasteiger partial charge in [-0.15, -0.1) is 0 Å². The van der Waals surface area contributed by atoms with Crippen LogP contribution >= 0.6 is 13.2 Å². The molecule has 0 N–H and O–H groups in total. The fraction of sp³-hybridized carbons (Fsp3) is 1.00. The summed E-state index contributed by atoms with van der Waals surface area (Å²) in [4.78, 5) is 0. The van der Waals surface area contributed by atoms with Gasteiger partial charge >= 0.3 is 216 Å². The third-order valence-electron chi connectivity index (χ3n) is 12.9. The molecule has 202 valence electrons. The molecule has 0 saturated heterocycles. The van der Waals surface area contributed by atoms with Crippen molar-refractivity contribution in [3.05, 3.63) is 0 Å². The number of hydrogen-bond donors (Lipinski definition) is 0. The SMILES string of the molecule is CC(CP(C)(C)(C1CCCCC1)C1CCCCC1)CP(C)(C)(C1CCCCC1)C1CCCCC1. The van der Waals surface area contributed by atoms with E-state index in [-0.39, 0.29) is 0 Å². The van der Waals surface area contributed by atoms with Crippen LogP contribution in [0.4, 0.5) is 0 Å². The first kappa shape index (κ1) is 27.9. The van der Waals surface area contributed by atoms with Gasteiger partial charge in [-0.05, 0) is 0 Å². The zero-order valence-electron chi connectivity index (χ0n) is 24.3. The average Bonchev–Trinajstić information content (AvgIpc) is 2.86. The summed E-state index contributed by atoms with van der Waals surface area (Å²) >= 11 is 0. The van der Waals surface area contributed by atoms with E-state index in [4.69, 9.17) is 0 Å². The molecule has 4 aliphatic rings. The quantitative estimate of drug-likeness (QED) is 0.285. The normalized spacial score (nSPS) is 29.1. The van der Waals surface area contributed by atoms with Crippen LogP contribution in [0.2, 0.25) is 0 Å². The monoisotopic (exact) mass is 510 g/mol. The van der Waals surface area contributed by atoms with Gasteiger partial charge in [0.2, 0.25) is 0 Å². The van der Waals surface area contributed by atoms with Crippen molar-refractivity contribution >= 4 is 13.2 Å². The first-order valence-electron chi connectivity index (χ1n) is 16.1. The van der Waals surface area contributed by atoms with Crippen LogP contribution in [-0.2, 0) is 0 Å². The van der Waals surface area contributed by atoms with Crippen LogP contribution in [-0.4, -0.2) is 61.6 Å². The molecule has 0 aromatic heterocycles. The minimum absolute atomic E-state index is 0.966. The molecule has 4 fully saturated rings. The van der Waals surface area contributed by atoms with Crippen LogP contribution in [0.5, 0.6) is 0 Å². The van der Waals surface area contributed by atoms with Crippen molar-refractivity contribution in [1.82, 2.24) is 0 Å². The fourth-order valence-electron chi connectivity index (χ4n) is 10.9. The van der Waals surface area contributed by atoms with Crippen LogP contribution in [0, 0.1) is 5.92 Å². The Morgan fingerprint density at radius 3 is 0.824 bits per heavy atom. The second-order valence-corrected chi connectivity index (χ2v) is 30.0. The van der Waals surface area contributed by atoms with Crippen molar-refractivity contribution in [3.63, 3.8) is 0 Å². The van der Waals surface area contributed by atoms with Crippen molar-refractivity contribution < 1.29 is 0 Å². The first-order chi connectivity index (χ1) is 16.1. The summed E-state index contributed by atoms with van der Waals surface area (Å²) in [6, 6.07) is 0. The average molecular weight is 511 g/mol. The van der Waals surface area contributed by atoms with Crippen molar-refractivity contribution in [1.29, 1.82) is 0 Å². The fourth-order valence-corrected chi connectivity index (χ4v) is 26.0. The summed E-state index contributed by atoms with van der Waals surface area (Å²) in [5.41, 5.74) is 4.42. The van der Waals surface area contributed by atoms with E-state index in [1.807, 2.05) is 0 Å². The van der Waals surface area contributed by atoms with Gasteiger partial charge in [-0.1, -0.05) is 0 Å². The summed E-state index contributed by atoms with van der Waals surface area (Å²) in [5.74, 6) is 0.966. The Bertz CT molecular complexity index is 540. The summed E-state index contributed by atoms with van der Waals surface area (Å²) < 4.78 is 0. The third kappa shape index (κ3) is 5.65. The molecular weight excluding hydrogens is 446 g/mol. The molecule has 0 radical (unpaired) electrons. The van der Waals surface area contributed by atoms with Crippen LogP contribution in [0.3, 0.4) is 0 Å². The minimum atomic E-state index is -1.73. The van der Waals surface area contributed by atoms with E-state index < -0.39 is 13.2 Å². The summed E-state index contributed by atoms with van der Waals surface area (Å²) in [5, 5.41) is 0. The van der Waals surface area contributed by atoms with Crippen molar-refractivity contribution in [3.8, 4) is 0 Å². The molecule has 4 rings (SSSR count). The Morgan fingerprint density at radius 1 is 0.412 bits per heavy atom. The van der Waals surface area contributed by atoms with Gasteiger partial charge in [0.15, 0.2) is 0 Å². The topological polar surface area (TPSA) is 0 Å². The predicted octanol–water partition coefficient (Wildman–Crippen LogP) is 10.6. The Hall–Kier alpha value is 0.860. The molecule has 0 nitrogen and oxygen atoms in total. The van der Waals surface area contributed by atoms with Gasteiger partial charge < -0.3 is 0 Å². The van der Waals surface area contributed by atoms with E-state index >= 15 is 0 Å².